The molecule has 0 saturated carbocycles. The Balaban J connectivity index is 1.77. The Morgan fingerprint density at radius 2 is 1.49 bits per heavy atom. The molecule has 0 unspecified atom stereocenters. The van der Waals surface area contributed by atoms with Gasteiger partial charge in [0.1, 0.15) is 11.8 Å². The van der Waals surface area contributed by atoms with Crippen molar-refractivity contribution in [3.05, 3.63) is 77.9 Å². The summed E-state index contributed by atoms with van der Waals surface area (Å²) in [7, 11) is -7.66. The lowest BCUT2D eigenvalue weighted by Gasteiger charge is -2.28. The summed E-state index contributed by atoms with van der Waals surface area (Å²) >= 11 is 0. The summed E-state index contributed by atoms with van der Waals surface area (Å²) in [4.78, 5) is 13.0. The molecule has 0 radical (unpaired) electrons. The number of amides is 1. The number of carbonyl (C=O) groups excluding carboxylic acids is 1. The van der Waals surface area contributed by atoms with Crippen LogP contribution in [0.5, 0.6) is 5.75 Å². The molecule has 0 heterocycles. The molecule has 2 N–H and O–H groups in total. The van der Waals surface area contributed by atoms with Crippen LogP contribution in [0.3, 0.4) is 0 Å². The molecule has 3 rings (SSSR count). The van der Waals surface area contributed by atoms with Crippen molar-refractivity contribution >= 4 is 43.0 Å². The zero-order chi connectivity index (χ0) is 27.4. The topological polar surface area (TPSA) is 122 Å². The normalized spacial score (nSPS) is 12.5. The van der Waals surface area contributed by atoms with E-state index in [-0.39, 0.29) is 4.90 Å². The Morgan fingerprint density at radius 3 is 2.00 bits per heavy atom. The lowest BCUT2D eigenvalue weighted by molar-refractivity contribution is -0.116. The second kappa shape index (κ2) is 11.2. The van der Waals surface area contributed by atoms with Gasteiger partial charge in [-0.25, -0.2) is 16.8 Å². The highest BCUT2D eigenvalue weighted by Crippen LogP contribution is 2.26. The number of sulfonamides is 2. The van der Waals surface area contributed by atoms with Crippen LogP contribution in [0.15, 0.2) is 71.6 Å². The number of nitrogens with zero attached hydrogens (tertiary/aromatic N) is 1. The lowest BCUT2D eigenvalue weighted by atomic mass is 10.1. The number of anilines is 3. The monoisotopic (exact) mass is 545 g/mol. The minimum atomic E-state index is -3.86. The number of benzene rings is 3. The van der Waals surface area contributed by atoms with Gasteiger partial charge >= 0.3 is 0 Å². The van der Waals surface area contributed by atoms with E-state index in [1.807, 2.05) is 39.0 Å². The maximum atomic E-state index is 13.0. The van der Waals surface area contributed by atoms with E-state index in [9.17, 15) is 21.6 Å². The van der Waals surface area contributed by atoms with Crippen molar-refractivity contribution in [2.45, 2.75) is 38.6 Å². The van der Waals surface area contributed by atoms with Crippen LogP contribution in [-0.4, -0.2) is 41.6 Å². The maximum absolute atomic E-state index is 13.0. The summed E-state index contributed by atoms with van der Waals surface area (Å²) in [5, 5.41) is 2.66. The molecule has 198 valence electrons. The molecule has 11 heteroatoms. The number of aryl methyl sites for hydroxylation is 2. The third-order valence-electron chi connectivity index (χ3n) is 5.64. The van der Waals surface area contributed by atoms with Gasteiger partial charge in [-0.3, -0.25) is 13.8 Å². The van der Waals surface area contributed by atoms with Crippen molar-refractivity contribution in [2.24, 2.45) is 0 Å². The molecule has 0 aromatic heterocycles. The Hall–Kier alpha value is -3.57. The van der Waals surface area contributed by atoms with Gasteiger partial charge in [-0.1, -0.05) is 18.2 Å². The zero-order valence-corrected chi connectivity index (χ0v) is 23.0. The summed E-state index contributed by atoms with van der Waals surface area (Å²) < 4.78 is 59.9. The Labute approximate surface area is 218 Å². The van der Waals surface area contributed by atoms with Crippen LogP contribution in [0.2, 0.25) is 0 Å². The first-order chi connectivity index (χ1) is 17.3. The fourth-order valence-corrected chi connectivity index (χ4v) is 6.18. The highest BCUT2D eigenvalue weighted by atomic mass is 32.2. The van der Waals surface area contributed by atoms with Crippen LogP contribution in [0.25, 0.3) is 0 Å². The fraction of sp³-hybridized carbons (Fsp3) is 0.269. The number of rotatable bonds is 10. The highest BCUT2D eigenvalue weighted by molar-refractivity contribution is 7.92. The molecule has 0 spiro atoms. The van der Waals surface area contributed by atoms with E-state index in [2.05, 4.69) is 10.0 Å². The lowest BCUT2D eigenvalue weighted by Crippen LogP contribution is -2.45. The predicted octanol–water partition coefficient (Wildman–Crippen LogP) is 4.30. The van der Waals surface area contributed by atoms with Gasteiger partial charge in [-0.05, 0) is 87.4 Å². The van der Waals surface area contributed by atoms with Crippen molar-refractivity contribution in [1.29, 1.82) is 0 Å². The van der Waals surface area contributed by atoms with Gasteiger partial charge < -0.3 is 10.1 Å². The first-order valence-corrected chi connectivity index (χ1v) is 14.9. The van der Waals surface area contributed by atoms with Crippen molar-refractivity contribution in [3.8, 4) is 5.75 Å². The molecule has 0 aliphatic rings. The Morgan fingerprint density at radius 1 is 0.919 bits per heavy atom. The predicted molar refractivity (Wildman–Crippen MR) is 146 cm³/mol. The molecule has 37 heavy (non-hydrogen) atoms. The second-order valence-electron chi connectivity index (χ2n) is 8.55. The molecule has 0 fully saturated rings. The van der Waals surface area contributed by atoms with Crippen LogP contribution in [0.1, 0.15) is 25.0 Å². The molecule has 3 aromatic carbocycles. The van der Waals surface area contributed by atoms with Crippen LogP contribution in [0.4, 0.5) is 17.1 Å². The molecular formula is C26H31N3O6S2. The number of nitrogens with one attached hydrogen (secondary N) is 2. The Kier molecular flexibility index (Phi) is 8.49. The van der Waals surface area contributed by atoms with Gasteiger partial charge in [-0.15, -0.1) is 0 Å². The molecule has 0 bridgehead atoms. The van der Waals surface area contributed by atoms with E-state index >= 15 is 0 Å². The molecule has 0 aliphatic heterocycles. The summed E-state index contributed by atoms with van der Waals surface area (Å²) in [6.07, 6.45) is 1.02. The van der Waals surface area contributed by atoms with Crippen LogP contribution >= 0.6 is 0 Å². The third-order valence-corrected chi connectivity index (χ3v) is 8.25. The minimum Gasteiger partial charge on any atom is -0.494 e. The smallest absolute Gasteiger partial charge is 0.261 e. The number of hydrogen-bond acceptors (Lipinski definition) is 6. The van der Waals surface area contributed by atoms with Crippen molar-refractivity contribution in [1.82, 2.24) is 0 Å². The summed E-state index contributed by atoms with van der Waals surface area (Å²) in [6, 6.07) is 16.4. The van der Waals surface area contributed by atoms with Crippen LogP contribution in [0, 0.1) is 13.8 Å². The fourth-order valence-electron chi connectivity index (χ4n) is 3.80. The van der Waals surface area contributed by atoms with Gasteiger partial charge in [0.15, 0.2) is 0 Å². The zero-order valence-electron chi connectivity index (χ0n) is 21.3. The molecular weight excluding hydrogens is 514 g/mol. The molecule has 9 nitrogen and oxygen atoms in total. The number of hydrogen-bond donors (Lipinski definition) is 2. The van der Waals surface area contributed by atoms with E-state index in [4.69, 9.17) is 4.74 Å². The van der Waals surface area contributed by atoms with E-state index in [1.165, 1.54) is 31.2 Å². The van der Waals surface area contributed by atoms with Gasteiger partial charge in [-0.2, -0.15) is 0 Å². The minimum absolute atomic E-state index is 0.0216. The molecule has 1 amide bonds. The average Bonchev–Trinajstić information content (AvgIpc) is 2.82. The first-order valence-electron chi connectivity index (χ1n) is 11.6. The number of ether oxygens (including phenoxy) is 1. The molecule has 1 atom stereocenters. The second-order valence-corrected chi connectivity index (χ2v) is 12.1. The van der Waals surface area contributed by atoms with Crippen LogP contribution in [-0.2, 0) is 24.8 Å². The van der Waals surface area contributed by atoms with Crippen LogP contribution < -0.4 is 19.1 Å². The first kappa shape index (κ1) is 28.0. The SMILES string of the molecule is CCOc1ccc(N([C@@H](C)C(=O)Nc2ccc(S(=O)(=O)Nc3c(C)cccc3C)cc2)S(C)(=O)=O)cc1. The average molecular weight is 546 g/mol. The van der Waals surface area contributed by atoms with E-state index in [1.54, 1.807) is 24.3 Å². The summed E-state index contributed by atoms with van der Waals surface area (Å²) in [5.74, 6) is 0.00231. The van der Waals surface area contributed by atoms with Gasteiger partial charge in [0.2, 0.25) is 15.9 Å². The Bertz CT molecular complexity index is 1450. The van der Waals surface area contributed by atoms with Gasteiger partial charge in [0.25, 0.3) is 10.0 Å². The number of para-hydroxylation sites is 1. The molecule has 3 aromatic rings. The van der Waals surface area contributed by atoms with Crippen molar-refractivity contribution in [3.63, 3.8) is 0 Å². The standard InChI is InChI=1S/C26H31N3O6S2/c1-6-35-23-14-12-22(13-15-23)29(36(5,31)32)20(4)26(30)27-21-10-16-24(17-11-21)37(33,34)28-25-18(2)8-7-9-19(25)3/h7-17,20,28H,6H2,1-5H3,(H,27,30)/t20-/m0/s1. The van der Waals surface area contributed by atoms with Gasteiger partial charge in [0, 0.05) is 5.69 Å². The quantitative estimate of drug-likeness (QED) is 0.392. The van der Waals surface area contributed by atoms with Crippen molar-refractivity contribution < 1.29 is 26.4 Å². The largest absolute Gasteiger partial charge is 0.494 e. The molecule has 0 saturated heterocycles. The van der Waals surface area contributed by atoms with Crippen molar-refractivity contribution in [2.75, 3.05) is 27.2 Å². The third kappa shape index (κ3) is 6.80. The van der Waals surface area contributed by atoms with E-state index in [0.717, 1.165) is 21.7 Å². The van der Waals surface area contributed by atoms with Gasteiger partial charge in [0.05, 0.1) is 29.1 Å². The number of carbonyl (C=O) groups is 1. The summed E-state index contributed by atoms with van der Waals surface area (Å²) in [5.41, 5.74) is 2.74. The highest BCUT2D eigenvalue weighted by Gasteiger charge is 2.29. The maximum Gasteiger partial charge on any atom is 0.261 e. The summed E-state index contributed by atoms with van der Waals surface area (Å²) in [6.45, 7) is 7.41. The molecule has 0 aliphatic carbocycles. The van der Waals surface area contributed by atoms with E-state index < -0.39 is 32.0 Å². The van der Waals surface area contributed by atoms with E-state index in [0.29, 0.717) is 29.4 Å².